The van der Waals surface area contributed by atoms with Crippen molar-refractivity contribution in [1.82, 2.24) is 0 Å². The van der Waals surface area contributed by atoms with E-state index in [1.807, 2.05) is 0 Å². The van der Waals surface area contributed by atoms with Gasteiger partial charge < -0.3 is 20.3 Å². The normalized spacial score (nSPS) is 13.4. The Morgan fingerprint density at radius 1 is 0.889 bits per heavy atom. The van der Waals surface area contributed by atoms with Crippen molar-refractivity contribution >= 4 is 27.4 Å². The molecule has 3 N–H and O–H groups in total. The topological polar surface area (TPSA) is 130 Å². The third-order valence-electron chi connectivity index (χ3n) is 4.99. The van der Waals surface area contributed by atoms with Crippen molar-refractivity contribution in [3.05, 3.63) is 90.0 Å². The van der Waals surface area contributed by atoms with Crippen molar-refractivity contribution in [2.24, 2.45) is 0 Å². The molecule has 12 heteroatoms. The molecule has 36 heavy (non-hydrogen) atoms. The molecule has 0 bridgehead atoms. The van der Waals surface area contributed by atoms with Crippen molar-refractivity contribution < 1.29 is 46.1 Å². The Balaban J connectivity index is 1.69. The zero-order chi connectivity index (χ0) is 26.6. The van der Waals surface area contributed by atoms with Crippen LogP contribution in [-0.2, 0) is 20.8 Å². The highest BCUT2D eigenvalue weighted by Crippen LogP contribution is 2.29. The molecule has 0 aromatic heterocycles. The van der Waals surface area contributed by atoms with Crippen LogP contribution in [0.5, 0.6) is 5.75 Å². The highest BCUT2D eigenvalue weighted by molar-refractivity contribution is 7.91. The van der Waals surface area contributed by atoms with Gasteiger partial charge in [-0.3, -0.25) is 4.79 Å². The third kappa shape index (κ3) is 6.61. The summed E-state index contributed by atoms with van der Waals surface area (Å²) in [4.78, 5) is 23.6. The lowest BCUT2D eigenvalue weighted by atomic mass is 10.1. The minimum atomic E-state index is -4.54. The summed E-state index contributed by atoms with van der Waals surface area (Å²) in [5, 5.41) is 22.3. The van der Waals surface area contributed by atoms with Crippen molar-refractivity contribution in [3.63, 3.8) is 0 Å². The largest absolute Gasteiger partial charge is 0.490 e. The molecule has 8 nitrogen and oxygen atoms in total. The van der Waals surface area contributed by atoms with Crippen LogP contribution in [0.1, 0.15) is 15.9 Å². The van der Waals surface area contributed by atoms with E-state index in [0.29, 0.717) is 0 Å². The maximum absolute atomic E-state index is 12.8. The molecule has 0 saturated heterocycles. The summed E-state index contributed by atoms with van der Waals surface area (Å²) in [6.07, 6.45) is -4.54. The van der Waals surface area contributed by atoms with E-state index in [1.165, 1.54) is 24.3 Å². The van der Waals surface area contributed by atoms with E-state index >= 15 is 0 Å². The second-order valence-corrected chi connectivity index (χ2v) is 9.74. The Morgan fingerprint density at radius 3 is 2.00 bits per heavy atom. The molecule has 0 spiro atoms. The number of para-hydroxylation sites is 1. The Bertz CT molecular complexity index is 1330. The Hall–Kier alpha value is -3.90. The van der Waals surface area contributed by atoms with Crippen molar-refractivity contribution in [2.75, 3.05) is 17.7 Å². The Kier molecular flexibility index (Phi) is 7.70. The summed E-state index contributed by atoms with van der Waals surface area (Å²) >= 11 is 0. The van der Waals surface area contributed by atoms with Crippen molar-refractivity contribution in [1.29, 1.82) is 0 Å². The lowest BCUT2D eigenvalue weighted by Gasteiger charge is -2.23. The number of rotatable bonds is 9. The van der Waals surface area contributed by atoms with Gasteiger partial charge in [-0.25, -0.2) is 13.2 Å². The van der Waals surface area contributed by atoms with Gasteiger partial charge >= 0.3 is 12.1 Å². The van der Waals surface area contributed by atoms with E-state index < -0.39 is 51.4 Å². The predicted molar refractivity (Wildman–Crippen MR) is 122 cm³/mol. The number of amides is 1. The van der Waals surface area contributed by atoms with E-state index in [0.717, 1.165) is 36.4 Å². The number of sulfone groups is 1. The van der Waals surface area contributed by atoms with E-state index in [2.05, 4.69) is 5.32 Å². The SMILES string of the molecule is O=C(Nc1ccc(S(=O)(=O)CC(O)(COc2ccccc2)C(=O)O)cc1)c1ccc(C(F)(F)F)cc1. The number of halogens is 3. The number of carboxylic acid groups (broad SMARTS) is 1. The molecule has 0 aliphatic heterocycles. The first-order valence-electron chi connectivity index (χ1n) is 10.3. The summed E-state index contributed by atoms with van der Waals surface area (Å²) in [5.74, 6) is -3.46. The molecule has 3 aromatic rings. The number of hydrogen-bond acceptors (Lipinski definition) is 6. The molecular weight excluding hydrogens is 503 g/mol. The lowest BCUT2D eigenvalue weighted by Crippen LogP contribution is -2.50. The molecule has 1 unspecified atom stereocenters. The highest BCUT2D eigenvalue weighted by Gasteiger charge is 2.42. The van der Waals surface area contributed by atoms with Gasteiger partial charge in [0.05, 0.1) is 16.2 Å². The summed E-state index contributed by atoms with van der Waals surface area (Å²) in [6, 6.07) is 16.1. The van der Waals surface area contributed by atoms with Crippen LogP contribution in [0.2, 0.25) is 0 Å². The molecule has 0 saturated carbocycles. The molecule has 3 rings (SSSR count). The maximum atomic E-state index is 12.8. The van der Waals surface area contributed by atoms with E-state index in [4.69, 9.17) is 4.74 Å². The highest BCUT2D eigenvalue weighted by atomic mass is 32.2. The van der Waals surface area contributed by atoms with Crippen LogP contribution in [-0.4, -0.2) is 48.5 Å². The van der Waals surface area contributed by atoms with Crippen LogP contribution in [0.4, 0.5) is 18.9 Å². The standard InChI is InChI=1S/C24H20F3NO7S/c25-24(26,27)17-8-6-16(7-9-17)21(29)28-18-10-12-20(13-11-18)36(33,34)15-23(32,22(30)31)14-35-19-4-2-1-3-5-19/h1-13,32H,14-15H2,(H,28,29)(H,30,31). The molecule has 0 aliphatic carbocycles. The summed E-state index contributed by atoms with van der Waals surface area (Å²) in [7, 11) is -4.31. The molecule has 0 aliphatic rings. The van der Waals surface area contributed by atoms with Gasteiger partial charge in [-0.05, 0) is 60.7 Å². The number of carbonyl (C=O) groups excluding carboxylic acids is 1. The molecular formula is C24H20F3NO7S. The number of alkyl halides is 3. The lowest BCUT2D eigenvalue weighted by molar-refractivity contribution is -0.158. The van der Waals surface area contributed by atoms with Crippen LogP contribution >= 0.6 is 0 Å². The number of carbonyl (C=O) groups is 2. The van der Waals surface area contributed by atoms with Gasteiger partial charge in [-0.15, -0.1) is 0 Å². The number of benzene rings is 3. The zero-order valence-electron chi connectivity index (χ0n) is 18.4. The monoisotopic (exact) mass is 523 g/mol. The molecule has 1 atom stereocenters. The number of aliphatic carboxylic acids is 1. The Labute approximate surface area is 203 Å². The van der Waals surface area contributed by atoms with Crippen LogP contribution in [0.15, 0.2) is 83.8 Å². The first kappa shape index (κ1) is 26.7. The second kappa shape index (κ2) is 10.4. The number of carboxylic acids is 1. The van der Waals surface area contributed by atoms with Gasteiger partial charge in [0.2, 0.25) is 5.60 Å². The summed E-state index contributed by atoms with van der Waals surface area (Å²) < 4.78 is 68.8. The van der Waals surface area contributed by atoms with E-state index in [1.54, 1.807) is 18.2 Å². The third-order valence-corrected chi connectivity index (χ3v) is 6.84. The smallest absolute Gasteiger partial charge is 0.416 e. The van der Waals surface area contributed by atoms with Crippen LogP contribution in [0.3, 0.4) is 0 Å². The quantitative estimate of drug-likeness (QED) is 0.391. The van der Waals surface area contributed by atoms with Crippen molar-refractivity contribution in [3.8, 4) is 5.75 Å². The maximum Gasteiger partial charge on any atom is 0.416 e. The number of ether oxygens (including phenoxy) is 1. The van der Waals surface area contributed by atoms with Crippen LogP contribution < -0.4 is 10.1 Å². The van der Waals surface area contributed by atoms with Gasteiger partial charge in [-0.1, -0.05) is 18.2 Å². The van der Waals surface area contributed by atoms with Crippen LogP contribution in [0, 0.1) is 0 Å². The first-order valence-corrected chi connectivity index (χ1v) is 11.9. The molecule has 0 heterocycles. The average molecular weight is 523 g/mol. The number of aliphatic hydroxyl groups is 1. The van der Waals surface area contributed by atoms with Gasteiger partial charge in [0.25, 0.3) is 5.91 Å². The fourth-order valence-corrected chi connectivity index (χ4v) is 4.59. The van der Waals surface area contributed by atoms with Gasteiger partial charge in [-0.2, -0.15) is 13.2 Å². The summed E-state index contributed by atoms with van der Waals surface area (Å²) in [6.45, 7) is -0.827. The van der Waals surface area contributed by atoms with Gasteiger partial charge in [0.15, 0.2) is 9.84 Å². The van der Waals surface area contributed by atoms with Gasteiger partial charge in [0, 0.05) is 11.3 Å². The number of hydrogen-bond donors (Lipinski definition) is 3. The predicted octanol–water partition coefficient (Wildman–Crippen LogP) is 3.63. The Morgan fingerprint density at radius 2 is 1.47 bits per heavy atom. The van der Waals surface area contributed by atoms with Gasteiger partial charge in [0.1, 0.15) is 12.4 Å². The molecule has 0 radical (unpaired) electrons. The van der Waals surface area contributed by atoms with Crippen LogP contribution in [0.25, 0.3) is 0 Å². The van der Waals surface area contributed by atoms with Crippen molar-refractivity contribution in [2.45, 2.75) is 16.7 Å². The minimum Gasteiger partial charge on any atom is -0.490 e. The van der Waals surface area contributed by atoms with E-state index in [-0.39, 0.29) is 21.9 Å². The molecule has 190 valence electrons. The first-order chi connectivity index (χ1) is 16.8. The number of anilines is 1. The minimum absolute atomic E-state index is 0.0513. The molecule has 3 aromatic carbocycles. The summed E-state index contributed by atoms with van der Waals surface area (Å²) in [5.41, 5.74) is -3.57. The number of nitrogens with one attached hydrogen (secondary N) is 1. The molecule has 0 fully saturated rings. The fourth-order valence-electron chi connectivity index (χ4n) is 3.04. The molecule has 1 amide bonds. The zero-order valence-corrected chi connectivity index (χ0v) is 19.2. The fraction of sp³-hybridized carbons (Fsp3) is 0.167. The second-order valence-electron chi connectivity index (χ2n) is 7.75. The van der Waals surface area contributed by atoms with E-state index in [9.17, 15) is 41.4 Å². The average Bonchev–Trinajstić information content (AvgIpc) is 2.83.